The molecule has 0 unspecified atom stereocenters. The molecule has 1 aromatic rings. The fourth-order valence-corrected chi connectivity index (χ4v) is 2.72. The summed E-state index contributed by atoms with van der Waals surface area (Å²) >= 11 is 2.02. The lowest BCUT2D eigenvalue weighted by Crippen LogP contribution is -2.35. The normalized spacial score (nSPS) is 16.7. The first-order valence-corrected chi connectivity index (χ1v) is 7.28. The molecule has 2 rings (SSSR count). The molecule has 1 aromatic heterocycles. The molecule has 1 aliphatic heterocycles. The predicted molar refractivity (Wildman–Crippen MR) is 93.5 cm³/mol. The van der Waals surface area contributed by atoms with Crippen molar-refractivity contribution in [1.29, 1.82) is 0 Å². The predicted octanol–water partition coefficient (Wildman–Crippen LogP) is 1.48. The van der Waals surface area contributed by atoms with Gasteiger partial charge in [0.25, 0.3) is 0 Å². The summed E-state index contributed by atoms with van der Waals surface area (Å²) < 4.78 is 0. The van der Waals surface area contributed by atoms with Crippen molar-refractivity contribution in [2.24, 2.45) is 10.7 Å². The van der Waals surface area contributed by atoms with Crippen molar-refractivity contribution in [2.75, 3.05) is 43.0 Å². The van der Waals surface area contributed by atoms with Crippen molar-refractivity contribution >= 4 is 47.5 Å². The van der Waals surface area contributed by atoms with Crippen molar-refractivity contribution in [1.82, 2.24) is 9.88 Å². The topological polar surface area (TPSA) is 66.5 Å². The first-order valence-electron chi connectivity index (χ1n) is 6.13. The maximum absolute atomic E-state index is 5.80. The number of aliphatic imine (C=N–C) groups is 1. The third-order valence-electron chi connectivity index (χ3n) is 2.72. The number of aromatic nitrogens is 1. The monoisotopic (exact) mass is 393 g/mol. The van der Waals surface area contributed by atoms with Crippen LogP contribution in [-0.2, 0) is 0 Å². The van der Waals surface area contributed by atoms with Crippen molar-refractivity contribution < 1.29 is 0 Å². The zero-order chi connectivity index (χ0) is 12.6. The molecule has 0 amide bonds. The number of anilines is 1. The zero-order valence-corrected chi connectivity index (χ0v) is 13.9. The second-order valence-electron chi connectivity index (χ2n) is 4.06. The van der Waals surface area contributed by atoms with Crippen molar-refractivity contribution in [3.05, 3.63) is 24.4 Å². The molecule has 1 fully saturated rings. The minimum Gasteiger partial charge on any atom is -0.370 e. The van der Waals surface area contributed by atoms with Gasteiger partial charge in [-0.3, -0.25) is 9.89 Å². The lowest BCUT2D eigenvalue weighted by atomic mass is 10.4. The highest BCUT2D eigenvalue weighted by Gasteiger charge is 2.08. The molecule has 1 saturated heterocycles. The first-order chi connectivity index (χ1) is 8.84. The molecule has 0 radical (unpaired) electrons. The van der Waals surface area contributed by atoms with Crippen LogP contribution in [0.2, 0.25) is 0 Å². The summed E-state index contributed by atoms with van der Waals surface area (Å²) in [5.41, 5.74) is 5.80. The number of rotatable bonds is 4. The highest BCUT2D eigenvalue weighted by Crippen LogP contribution is 2.08. The molecule has 0 bridgehead atoms. The van der Waals surface area contributed by atoms with Crippen LogP contribution in [0.5, 0.6) is 0 Å². The van der Waals surface area contributed by atoms with Crippen LogP contribution in [0.25, 0.3) is 0 Å². The zero-order valence-electron chi connectivity index (χ0n) is 10.8. The number of nitrogens with one attached hydrogen (secondary N) is 1. The van der Waals surface area contributed by atoms with Crippen LogP contribution in [-0.4, -0.2) is 53.5 Å². The van der Waals surface area contributed by atoms with Gasteiger partial charge in [0, 0.05) is 37.3 Å². The molecule has 19 heavy (non-hydrogen) atoms. The molecule has 0 aromatic carbocycles. The van der Waals surface area contributed by atoms with Gasteiger partial charge in [0.1, 0.15) is 5.82 Å². The summed E-state index contributed by atoms with van der Waals surface area (Å²) in [6.45, 7) is 4.03. The number of guanidine groups is 1. The summed E-state index contributed by atoms with van der Waals surface area (Å²) in [6.07, 6.45) is 1.72. The molecule has 0 saturated carbocycles. The first kappa shape index (κ1) is 16.5. The molecule has 1 aliphatic rings. The molecule has 0 spiro atoms. The molecular formula is C12H20IN5S. The van der Waals surface area contributed by atoms with Gasteiger partial charge in [0.2, 0.25) is 0 Å². The van der Waals surface area contributed by atoms with E-state index in [1.807, 2.05) is 30.0 Å². The lowest BCUT2D eigenvalue weighted by Gasteiger charge is -2.25. The maximum Gasteiger partial charge on any atom is 0.194 e. The van der Waals surface area contributed by atoms with Gasteiger partial charge in [0.15, 0.2) is 5.96 Å². The van der Waals surface area contributed by atoms with Gasteiger partial charge < -0.3 is 11.1 Å². The number of hydrogen-bond acceptors (Lipinski definition) is 4. The minimum absolute atomic E-state index is 0. The average Bonchev–Trinajstić information content (AvgIpc) is 2.41. The Morgan fingerprint density at radius 3 is 2.89 bits per heavy atom. The lowest BCUT2D eigenvalue weighted by molar-refractivity contribution is 0.311. The fourth-order valence-electron chi connectivity index (χ4n) is 1.74. The van der Waals surface area contributed by atoms with Crippen LogP contribution in [0.4, 0.5) is 5.82 Å². The highest BCUT2D eigenvalue weighted by molar-refractivity contribution is 14.0. The second-order valence-corrected chi connectivity index (χ2v) is 5.29. The Bertz CT molecular complexity index is 381. The van der Waals surface area contributed by atoms with Gasteiger partial charge in [-0.1, -0.05) is 6.07 Å². The van der Waals surface area contributed by atoms with Crippen LogP contribution >= 0.6 is 35.7 Å². The van der Waals surface area contributed by atoms with E-state index in [9.17, 15) is 0 Å². The molecule has 7 heteroatoms. The largest absolute Gasteiger partial charge is 0.370 e. The fraction of sp³-hybridized carbons (Fsp3) is 0.500. The van der Waals surface area contributed by atoms with Crippen molar-refractivity contribution in [3.8, 4) is 0 Å². The Balaban J connectivity index is 0.00000180. The van der Waals surface area contributed by atoms with Crippen LogP contribution in [0.1, 0.15) is 0 Å². The second kappa shape index (κ2) is 9.38. The van der Waals surface area contributed by atoms with E-state index in [0.29, 0.717) is 5.96 Å². The summed E-state index contributed by atoms with van der Waals surface area (Å²) in [6, 6.07) is 5.64. The molecule has 0 aliphatic carbocycles. The van der Waals surface area contributed by atoms with E-state index in [-0.39, 0.29) is 24.0 Å². The van der Waals surface area contributed by atoms with Gasteiger partial charge in [-0.05, 0) is 12.1 Å². The minimum atomic E-state index is 0. The van der Waals surface area contributed by atoms with E-state index < -0.39 is 0 Å². The SMILES string of the molecule is I.NC(=NCCN1CCSCC1)Nc1ccccn1. The molecular weight excluding hydrogens is 373 g/mol. The number of nitrogens with zero attached hydrogens (tertiary/aromatic N) is 3. The van der Waals surface area contributed by atoms with Crippen LogP contribution in [0, 0.1) is 0 Å². The Morgan fingerprint density at radius 2 is 2.21 bits per heavy atom. The summed E-state index contributed by atoms with van der Waals surface area (Å²) in [4.78, 5) is 10.9. The third kappa shape index (κ3) is 6.44. The van der Waals surface area contributed by atoms with E-state index in [1.54, 1.807) is 6.20 Å². The average molecular weight is 393 g/mol. The van der Waals surface area contributed by atoms with Gasteiger partial charge in [-0.2, -0.15) is 11.8 Å². The molecule has 106 valence electrons. The number of thioether (sulfide) groups is 1. The Kier molecular flexibility index (Phi) is 8.15. The van der Waals surface area contributed by atoms with Crippen molar-refractivity contribution in [3.63, 3.8) is 0 Å². The summed E-state index contributed by atoms with van der Waals surface area (Å²) in [7, 11) is 0. The molecule has 5 nitrogen and oxygen atoms in total. The Morgan fingerprint density at radius 1 is 1.42 bits per heavy atom. The molecule has 0 atom stereocenters. The molecule has 2 heterocycles. The third-order valence-corrected chi connectivity index (χ3v) is 3.67. The van der Waals surface area contributed by atoms with Crippen LogP contribution in [0.3, 0.4) is 0 Å². The highest BCUT2D eigenvalue weighted by atomic mass is 127. The maximum atomic E-state index is 5.80. The Labute approximate surface area is 135 Å². The van der Waals surface area contributed by atoms with E-state index in [0.717, 1.165) is 32.0 Å². The van der Waals surface area contributed by atoms with E-state index in [1.165, 1.54) is 11.5 Å². The molecule has 3 N–H and O–H groups in total. The quantitative estimate of drug-likeness (QED) is 0.461. The Hall–Kier alpha value is -0.540. The van der Waals surface area contributed by atoms with Gasteiger partial charge in [-0.25, -0.2) is 4.98 Å². The summed E-state index contributed by atoms with van der Waals surface area (Å²) in [5.74, 6) is 3.62. The van der Waals surface area contributed by atoms with Gasteiger partial charge in [-0.15, -0.1) is 24.0 Å². The van der Waals surface area contributed by atoms with E-state index >= 15 is 0 Å². The van der Waals surface area contributed by atoms with E-state index in [4.69, 9.17) is 5.73 Å². The standard InChI is InChI=1S/C12H19N5S.HI/c13-12(16-11-3-1-2-4-14-11)15-5-6-17-7-9-18-10-8-17;/h1-4H,5-10H2,(H3,13,14,15,16);1H. The van der Waals surface area contributed by atoms with Crippen molar-refractivity contribution in [2.45, 2.75) is 0 Å². The summed E-state index contributed by atoms with van der Waals surface area (Å²) in [5, 5.41) is 2.97. The van der Waals surface area contributed by atoms with Crippen LogP contribution < -0.4 is 11.1 Å². The number of hydrogen-bond donors (Lipinski definition) is 2. The number of halogens is 1. The van der Waals surface area contributed by atoms with Crippen LogP contribution in [0.15, 0.2) is 29.4 Å². The number of pyridine rings is 1. The van der Waals surface area contributed by atoms with Gasteiger partial charge in [0.05, 0.1) is 6.54 Å². The number of nitrogens with two attached hydrogens (primary N) is 1. The smallest absolute Gasteiger partial charge is 0.194 e. The van der Waals surface area contributed by atoms with E-state index in [2.05, 4.69) is 20.2 Å². The van der Waals surface area contributed by atoms with Gasteiger partial charge >= 0.3 is 0 Å².